The maximum absolute atomic E-state index is 14.6. The Bertz CT molecular complexity index is 867. The summed E-state index contributed by atoms with van der Waals surface area (Å²) in [5, 5.41) is 3.30. The van der Waals surface area contributed by atoms with Gasteiger partial charge in [0.15, 0.2) is 0 Å². The summed E-state index contributed by atoms with van der Waals surface area (Å²) in [5.74, 6) is -1.90. The van der Waals surface area contributed by atoms with E-state index >= 15 is 0 Å². The fourth-order valence-electron chi connectivity index (χ4n) is 2.59. The van der Waals surface area contributed by atoms with Crippen LogP contribution in [-0.2, 0) is 22.5 Å². The Balaban J connectivity index is 2.46. The number of ether oxygens (including phenoxy) is 1. The molecule has 1 aromatic carbocycles. The molecule has 1 N–H and O–H groups in total. The first-order valence-electron chi connectivity index (χ1n) is 8.40. The summed E-state index contributed by atoms with van der Waals surface area (Å²) in [6.45, 7) is 6.21. The van der Waals surface area contributed by atoms with E-state index in [0.29, 0.717) is 12.0 Å². The number of benzene rings is 1. The van der Waals surface area contributed by atoms with Gasteiger partial charge in [0.25, 0.3) is 0 Å². The van der Waals surface area contributed by atoms with Crippen LogP contribution in [0, 0.1) is 11.6 Å². The highest BCUT2D eigenvalue weighted by atomic mass is 28.3. The average molecular weight is 392 g/mol. The molecular weight excluding hydrogens is 370 g/mol. The molecule has 8 heteroatoms. The third-order valence-corrected chi connectivity index (χ3v) is 6.21. The lowest BCUT2D eigenvalue weighted by Crippen LogP contribution is -2.37. The lowest BCUT2D eigenvalue weighted by molar-refractivity contribution is -0.109. The van der Waals surface area contributed by atoms with Crippen LogP contribution in [0.2, 0.25) is 19.6 Å². The van der Waals surface area contributed by atoms with Gasteiger partial charge in [0.05, 0.1) is 38.7 Å². The minimum atomic E-state index is -1.67. The predicted molar refractivity (Wildman–Crippen MR) is 101 cm³/mol. The molecule has 0 unspecified atom stereocenters. The first-order valence-corrected chi connectivity index (χ1v) is 11.9. The summed E-state index contributed by atoms with van der Waals surface area (Å²) < 4.78 is 33.4. The summed E-state index contributed by atoms with van der Waals surface area (Å²) in [7, 11) is -0.490. The van der Waals surface area contributed by atoms with E-state index < -0.39 is 25.7 Å². The first-order chi connectivity index (χ1) is 12.7. The first kappa shape index (κ1) is 20.7. The van der Waals surface area contributed by atoms with E-state index in [2.05, 4.69) is 34.7 Å². The minimum Gasteiger partial charge on any atom is -0.465 e. The van der Waals surface area contributed by atoms with E-state index in [1.54, 1.807) is 6.07 Å². The molecule has 0 aliphatic rings. The zero-order chi connectivity index (χ0) is 20.2. The molecule has 2 aromatic rings. The van der Waals surface area contributed by atoms with Gasteiger partial charge in [0, 0.05) is 6.42 Å². The van der Waals surface area contributed by atoms with Gasteiger partial charge in [-0.05, 0) is 17.7 Å². The Morgan fingerprint density at radius 2 is 1.89 bits per heavy atom. The van der Waals surface area contributed by atoms with E-state index in [9.17, 15) is 18.4 Å². The molecule has 0 spiro atoms. The number of esters is 1. The summed E-state index contributed by atoms with van der Waals surface area (Å²) >= 11 is 0. The Morgan fingerprint density at radius 1 is 1.19 bits per heavy atom. The van der Waals surface area contributed by atoms with Crippen molar-refractivity contribution in [3.05, 3.63) is 58.4 Å². The lowest BCUT2D eigenvalue weighted by atomic mass is 10.0. The number of aromatic nitrogens is 1. The van der Waals surface area contributed by atoms with Crippen molar-refractivity contribution in [1.82, 2.24) is 10.3 Å². The normalized spacial score (nSPS) is 11.2. The van der Waals surface area contributed by atoms with E-state index in [-0.39, 0.29) is 29.9 Å². The van der Waals surface area contributed by atoms with Crippen LogP contribution in [0.15, 0.2) is 24.3 Å². The topological polar surface area (TPSA) is 68.3 Å². The summed E-state index contributed by atoms with van der Waals surface area (Å²) in [4.78, 5) is 26.6. The third-order valence-electron chi connectivity index (χ3n) is 4.16. The number of hydrogen-bond acceptors (Lipinski definition) is 4. The molecule has 1 amide bonds. The van der Waals surface area contributed by atoms with Crippen molar-refractivity contribution in [2.45, 2.75) is 32.6 Å². The molecule has 2 rings (SSSR count). The zero-order valence-corrected chi connectivity index (χ0v) is 16.7. The molecule has 0 atom stereocenters. The van der Waals surface area contributed by atoms with Crippen molar-refractivity contribution in [2.24, 2.45) is 0 Å². The molecule has 0 saturated carbocycles. The van der Waals surface area contributed by atoms with Gasteiger partial charge in [-0.1, -0.05) is 37.0 Å². The second kappa shape index (κ2) is 8.39. The quantitative estimate of drug-likeness (QED) is 0.447. The van der Waals surface area contributed by atoms with Crippen LogP contribution in [0.1, 0.15) is 27.3 Å². The van der Waals surface area contributed by atoms with Gasteiger partial charge < -0.3 is 10.1 Å². The number of hydrogen-bond donors (Lipinski definition) is 1. The Labute approximate surface area is 157 Å². The molecular formula is C19H22F2N2O3Si. The van der Waals surface area contributed by atoms with Gasteiger partial charge in [-0.15, -0.1) is 0 Å². The summed E-state index contributed by atoms with van der Waals surface area (Å²) in [6, 6.07) is 6.06. The molecule has 0 aliphatic heterocycles. The number of pyridine rings is 1. The monoisotopic (exact) mass is 392 g/mol. The van der Waals surface area contributed by atoms with E-state index in [0.717, 1.165) is 11.3 Å². The lowest BCUT2D eigenvalue weighted by Gasteiger charge is -2.18. The van der Waals surface area contributed by atoms with Crippen LogP contribution in [0.5, 0.6) is 0 Å². The Kier molecular flexibility index (Phi) is 6.43. The van der Waals surface area contributed by atoms with Crippen molar-refractivity contribution in [3.63, 3.8) is 0 Å². The van der Waals surface area contributed by atoms with Gasteiger partial charge in [0.2, 0.25) is 6.41 Å². The van der Waals surface area contributed by atoms with Crippen molar-refractivity contribution in [1.29, 1.82) is 0 Å². The smallest absolute Gasteiger partial charge is 0.339 e. The van der Waals surface area contributed by atoms with E-state index in [1.807, 2.05) is 6.07 Å². The maximum atomic E-state index is 14.6. The van der Waals surface area contributed by atoms with E-state index in [4.69, 9.17) is 0 Å². The van der Waals surface area contributed by atoms with Crippen LogP contribution in [-0.4, -0.2) is 32.5 Å². The molecule has 0 bridgehead atoms. The van der Waals surface area contributed by atoms with Crippen LogP contribution < -0.4 is 10.5 Å². The van der Waals surface area contributed by atoms with Crippen LogP contribution in [0.25, 0.3) is 0 Å². The predicted octanol–water partition coefficient (Wildman–Crippen LogP) is 2.53. The average Bonchev–Trinajstić information content (AvgIpc) is 2.61. The number of amides is 1. The fraction of sp³-hybridized carbons (Fsp3) is 0.316. The molecule has 0 fully saturated rings. The fourth-order valence-corrected chi connectivity index (χ4v) is 3.73. The van der Waals surface area contributed by atoms with Crippen LogP contribution in [0.4, 0.5) is 8.78 Å². The van der Waals surface area contributed by atoms with Crippen molar-refractivity contribution < 1.29 is 23.1 Å². The SMILES string of the molecule is COC(=O)c1cc(F)c(CNC=O)nc1Cc1ccc([Si](C)(C)C)cc1F. The summed E-state index contributed by atoms with van der Waals surface area (Å²) in [5.41, 5.74) is 0.420. The Morgan fingerprint density at radius 3 is 2.44 bits per heavy atom. The minimum absolute atomic E-state index is 0.00336. The van der Waals surface area contributed by atoms with E-state index in [1.165, 1.54) is 13.2 Å². The molecule has 0 saturated heterocycles. The van der Waals surface area contributed by atoms with Gasteiger partial charge in [0.1, 0.15) is 11.6 Å². The number of rotatable bonds is 7. The largest absolute Gasteiger partial charge is 0.465 e. The van der Waals surface area contributed by atoms with Crippen molar-refractivity contribution in [2.75, 3.05) is 7.11 Å². The maximum Gasteiger partial charge on any atom is 0.339 e. The zero-order valence-electron chi connectivity index (χ0n) is 15.7. The molecule has 5 nitrogen and oxygen atoms in total. The van der Waals surface area contributed by atoms with Crippen LogP contribution in [0.3, 0.4) is 0 Å². The molecule has 0 radical (unpaired) electrons. The molecule has 1 aromatic heterocycles. The number of methoxy groups -OCH3 is 1. The van der Waals surface area contributed by atoms with Gasteiger partial charge in [-0.3, -0.25) is 9.78 Å². The summed E-state index contributed by atoms with van der Waals surface area (Å²) in [6.07, 6.45) is 0.417. The highest BCUT2D eigenvalue weighted by Gasteiger charge is 2.21. The van der Waals surface area contributed by atoms with Crippen molar-refractivity contribution in [3.8, 4) is 0 Å². The Hall–Kier alpha value is -2.61. The highest BCUT2D eigenvalue weighted by molar-refractivity contribution is 6.88. The second-order valence-electron chi connectivity index (χ2n) is 7.13. The standard InChI is InChI=1S/C19H22F2N2O3Si/c1-26-19(25)14-9-16(21)18(10-22-11-24)23-17(14)7-12-5-6-13(8-15(12)20)27(2,3)4/h5-6,8-9,11H,7,10H2,1-4H3,(H,22,24). The number of carbonyl (C=O) groups is 2. The third kappa shape index (κ3) is 4.97. The second-order valence-corrected chi connectivity index (χ2v) is 12.2. The van der Waals surface area contributed by atoms with Crippen LogP contribution >= 0.6 is 0 Å². The highest BCUT2D eigenvalue weighted by Crippen LogP contribution is 2.19. The molecule has 1 heterocycles. The van der Waals surface area contributed by atoms with Gasteiger partial charge in [-0.2, -0.15) is 0 Å². The molecule has 144 valence electrons. The van der Waals surface area contributed by atoms with Gasteiger partial charge in [-0.25, -0.2) is 13.6 Å². The number of nitrogens with zero attached hydrogens (tertiary/aromatic N) is 1. The molecule has 27 heavy (non-hydrogen) atoms. The number of carbonyl (C=O) groups excluding carboxylic acids is 2. The van der Waals surface area contributed by atoms with Gasteiger partial charge >= 0.3 is 5.97 Å². The van der Waals surface area contributed by atoms with Crippen molar-refractivity contribution >= 4 is 25.6 Å². The number of nitrogens with one attached hydrogen (secondary N) is 1. The number of halogens is 2. The molecule has 0 aliphatic carbocycles.